The lowest BCUT2D eigenvalue weighted by atomic mass is 9.84. The minimum Gasteiger partial charge on any atom is -0.480 e. The van der Waals surface area contributed by atoms with Gasteiger partial charge in [0.2, 0.25) is 5.91 Å². The monoisotopic (exact) mass is 243 g/mol. The molecule has 5 heteroatoms. The highest BCUT2D eigenvalue weighted by atomic mass is 32.2. The van der Waals surface area contributed by atoms with Crippen LogP contribution in [0.5, 0.6) is 0 Å². The molecule has 16 heavy (non-hydrogen) atoms. The van der Waals surface area contributed by atoms with Crippen molar-refractivity contribution in [3.8, 4) is 0 Å². The van der Waals surface area contributed by atoms with Crippen molar-refractivity contribution in [3.05, 3.63) is 0 Å². The number of hydrogen-bond acceptors (Lipinski definition) is 3. The number of nitrogens with zero attached hydrogens (tertiary/aromatic N) is 1. The first-order valence-corrected chi connectivity index (χ1v) is 6.38. The number of carboxylic acids is 1. The van der Waals surface area contributed by atoms with E-state index >= 15 is 0 Å². The van der Waals surface area contributed by atoms with Gasteiger partial charge in [-0.1, -0.05) is 13.8 Å². The van der Waals surface area contributed by atoms with Crippen LogP contribution >= 0.6 is 11.8 Å². The van der Waals surface area contributed by atoms with Crippen molar-refractivity contribution in [2.45, 2.75) is 43.9 Å². The number of aliphatic carboxylic acids is 1. The predicted octanol–water partition coefficient (Wildman–Crippen LogP) is 1.41. The molecule has 3 unspecified atom stereocenters. The quantitative estimate of drug-likeness (QED) is 0.745. The number of fused-ring (bicyclic) bond motifs is 1. The third-order valence-corrected chi connectivity index (χ3v) is 5.03. The molecule has 2 fully saturated rings. The Morgan fingerprint density at radius 1 is 1.50 bits per heavy atom. The van der Waals surface area contributed by atoms with Crippen molar-refractivity contribution in [1.29, 1.82) is 0 Å². The largest absolute Gasteiger partial charge is 0.480 e. The van der Waals surface area contributed by atoms with Crippen LogP contribution in [0.25, 0.3) is 0 Å². The van der Waals surface area contributed by atoms with Crippen molar-refractivity contribution >= 4 is 23.6 Å². The standard InChI is InChI=1S/C11H17NO3S/c1-5(2)6-8(13)12-7(10(14)15)11(3,4)16-9(6)12/h5-7,9H,1-4H3,(H,14,15). The Balaban J connectivity index is 2.28. The number of carbonyl (C=O) groups is 2. The molecule has 0 aliphatic carbocycles. The summed E-state index contributed by atoms with van der Waals surface area (Å²) in [5, 5.41) is 9.27. The summed E-state index contributed by atoms with van der Waals surface area (Å²) in [5.74, 6) is -0.612. The van der Waals surface area contributed by atoms with E-state index in [1.807, 2.05) is 27.7 Å². The maximum absolute atomic E-state index is 11.9. The SMILES string of the molecule is CC(C)C1C(=O)N2C1SC(C)(C)C2C(=O)O. The van der Waals surface area contributed by atoms with Crippen LogP contribution in [-0.4, -0.2) is 38.0 Å². The molecule has 0 spiro atoms. The topological polar surface area (TPSA) is 57.6 Å². The van der Waals surface area contributed by atoms with E-state index < -0.39 is 16.8 Å². The minimum absolute atomic E-state index is 0.00507. The lowest BCUT2D eigenvalue weighted by Crippen LogP contribution is -2.63. The Kier molecular flexibility index (Phi) is 2.49. The van der Waals surface area contributed by atoms with Gasteiger partial charge in [-0.2, -0.15) is 0 Å². The molecule has 0 bridgehead atoms. The molecule has 0 aromatic carbocycles. The first kappa shape index (κ1) is 11.8. The van der Waals surface area contributed by atoms with Crippen LogP contribution in [-0.2, 0) is 9.59 Å². The molecule has 2 aliphatic heterocycles. The fraction of sp³-hybridized carbons (Fsp3) is 0.818. The van der Waals surface area contributed by atoms with E-state index in [4.69, 9.17) is 0 Å². The van der Waals surface area contributed by atoms with Gasteiger partial charge in [0.1, 0.15) is 6.04 Å². The second kappa shape index (κ2) is 3.39. The maximum Gasteiger partial charge on any atom is 0.327 e. The van der Waals surface area contributed by atoms with Crippen LogP contribution < -0.4 is 0 Å². The van der Waals surface area contributed by atoms with Gasteiger partial charge in [0.05, 0.1) is 11.3 Å². The zero-order valence-corrected chi connectivity index (χ0v) is 10.7. The lowest BCUT2D eigenvalue weighted by molar-refractivity contribution is -0.165. The van der Waals surface area contributed by atoms with E-state index in [0.717, 1.165) is 0 Å². The van der Waals surface area contributed by atoms with E-state index in [-0.39, 0.29) is 23.1 Å². The van der Waals surface area contributed by atoms with Crippen molar-refractivity contribution in [2.24, 2.45) is 11.8 Å². The third-order valence-electron chi connectivity index (χ3n) is 3.43. The molecule has 0 aromatic rings. The maximum atomic E-state index is 11.9. The fourth-order valence-corrected chi connectivity index (χ4v) is 4.54. The molecular weight excluding hydrogens is 226 g/mol. The summed E-state index contributed by atoms with van der Waals surface area (Å²) < 4.78 is -0.393. The Labute approximate surface area is 99.4 Å². The molecule has 2 heterocycles. The molecule has 2 rings (SSSR count). The second-order valence-corrected chi connectivity index (χ2v) is 7.14. The number of carbonyl (C=O) groups excluding carboxylic acids is 1. The Hall–Kier alpha value is -0.710. The van der Waals surface area contributed by atoms with Crippen molar-refractivity contribution in [2.75, 3.05) is 0 Å². The molecule has 3 atom stereocenters. The van der Waals surface area contributed by atoms with Gasteiger partial charge in [0.25, 0.3) is 0 Å². The van der Waals surface area contributed by atoms with Gasteiger partial charge >= 0.3 is 5.97 Å². The Bertz CT molecular complexity index is 353. The number of β-lactam (4-membered cyclic amide) rings is 1. The van der Waals surface area contributed by atoms with Crippen LogP contribution in [0, 0.1) is 11.8 Å². The Morgan fingerprint density at radius 2 is 2.06 bits per heavy atom. The number of rotatable bonds is 2. The highest BCUT2D eigenvalue weighted by Crippen LogP contribution is 2.54. The molecule has 1 N–H and O–H groups in total. The molecule has 1 amide bonds. The highest BCUT2D eigenvalue weighted by Gasteiger charge is 2.64. The van der Waals surface area contributed by atoms with Gasteiger partial charge in [0, 0.05) is 4.75 Å². The average molecular weight is 243 g/mol. The van der Waals surface area contributed by atoms with Gasteiger partial charge in [-0.3, -0.25) is 4.79 Å². The summed E-state index contributed by atoms with van der Waals surface area (Å²) in [5.41, 5.74) is 0. The zero-order chi connectivity index (χ0) is 12.2. The van der Waals surface area contributed by atoms with Gasteiger partial charge in [-0.05, 0) is 19.8 Å². The van der Waals surface area contributed by atoms with Crippen molar-refractivity contribution in [1.82, 2.24) is 4.90 Å². The number of carboxylic acid groups (broad SMARTS) is 1. The van der Waals surface area contributed by atoms with Crippen LogP contribution in [0.15, 0.2) is 0 Å². The average Bonchev–Trinajstić information content (AvgIpc) is 2.33. The second-order valence-electron chi connectivity index (χ2n) is 5.37. The summed E-state index contributed by atoms with van der Waals surface area (Å²) in [4.78, 5) is 24.7. The van der Waals surface area contributed by atoms with Crippen LogP contribution in [0.2, 0.25) is 0 Å². The third kappa shape index (κ3) is 1.37. The number of thioether (sulfide) groups is 1. The molecule has 0 aromatic heterocycles. The summed E-state index contributed by atoms with van der Waals surface area (Å²) in [7, 11) is 0. The van der Waals surface area contributed by atoms with Crippen LogP contribution in [0.1, 0.15) is 27.7 Å². The molecule has 2 aliphatic rings. The van der Waals surface area contributed by atoms with E-state index in [1.165, 1.54) is 0 Å². The van der Waals surface area contributed by atoms with Crippen molar-refractivity contribution < 1.29 is 14.7 Å². The normalized spacial score (nSPS) is 36.2. The molecule has 90 valence electrons. The van der Waals surface area contributed by atoms with Gasteiger partial charge in [0.15, 0.2) is 0 Å². The Morgan fingerprint density at radius 3 is 2.50 bits per heavy atom. The number of amides is 1. The smallest absolute Gasteiger partial charge is 0.327 e. The van der Waals surface area contributed by atoms with E-state index in [2.05, 4.69) is 0 Å². The van der Waals surface area contributed by atoms with E-state index in [9.17, 15) is 14.7 Å². The van der Waals surface area contributed by atoms with Crippen LogP contribution in [0.3, 0.4) is 0 Å². The first-order valence-electron chi connectivity index (χ1n) is 5.50. The summed E-state index contributed by atoms with van der Waals surface area (Å²) in [6.45, 7) is 7.84. The number of hydrogen-bond donors (Lipinski definition) is 1. The summed E-state index contributed by atoms with van der Waals surface area (Å²) in [6, 6.07) is -0.676. The predicted molar refractivity (Wildman–Crippen MR) is 62.1 cm³/mol. The summed E-state index contributed by atoms with van der Waals surface area (Å²) >= 11 is 1.62. The van der Waals surface area contributed by atoms with E-state index in [1.54, 1.807) is 16.7 Å². The minimum atomic E-state index is -0.893. The highest BCUT2D eigenvalue weighted by molar-refractivity contribution is 8.01. The van der Waals surface area contributed by atoms with Gasteiger partial charge in [-0.15, -0.1) is 11.8 Å². The zero-order valence-electron chi connectivity index (χ0n) is 9.93. The summed E-state index contributed by atoms with van der Waals surface area (Å²) in [6.07, 6.45) is 0. The first-order chi connectivity index (χ1) is 7.27. The molecule has 0 radical (unpaired) electrons. The van der Waals surface area contributed by atoms with Gasteiger partial charge in [-0.25, -0.2) is 4.79 Å². The molecule has 2 saturated heterocycles. The van der Waals surface area contributed by atoms with Crippen molar-refractivity contribution in [3.63, 3.8) is 0 Å². The van der Waals surface area contributed by atoms with E-state index in [0.29, 0.717) is 0 Å². The molecule has 0 saturated carbocycles. The van der Waals surface area contributed by atoms with Crippen LogP contribution in [0.4, 0.5) is 0 Å². The lowest BCUT2D eigenvalue weighted by Gasteiger charge is -2.45. The molecule has 4 nitrogen and oxygen atoms in total. The fourth-order valence-electron chi connectivity index (χ4n) is 2.66. The molecular formula is C11H17NO3S. The van der Waals surface area contributed by atoms with Gasteiger partial charge < -0.3 is 10.0 Å².